The summed E-state index contributed by atoms with van der Waals surface area (Å²) in [5.74, 6) is -0.893. The van der Waals surface area contributed by atoms with E-state index >= 15 is 0 Å². The highest BCUT2D eigenvalue weighted by atomic mass is 127. The first-order valence-corrected chi connectivity index (χ1v) is 4.77. The van der Waals surface area contributed by atoms with Crippen molar-refractivity contribution in [3.8, 4) is 0 Å². The van der Waals surface area contributed by atoms with Crippen LogP contribution in [0.2, 0.25) is 0 Å². The van der Waals surface area contributed by atoms with E-state index in [-0.39, 0.29) is 0 Å². The average molecular weight is 287 g/mol. The number of hydrogen-bond donors (Lipinski definition) is 2. The second kappa shape index (κ2) is 3.02. The maximum atomic E-state index is 10.8. The van der Waals surface area contributed by atoms with E-state index in [2.05, 4.69) is 27.6 Å². The van der Waals surface area contributed by atoms with Gasteiger partial charge in [-0.15, -0.1) is 0 Å². The molecule has 1 heterocycles. The largest absolute Gasteiger partial charge is 0.478 e. The Bertz CT molecular complexity index is 475. The Labute approximate surface area is 87.9 Å². The maximum Gasteiger partial charge on any atom is 0.337 e. The van der Waals surface area contributed by atoms with Crippen molar-refractivity contribution in [3.63, 3.8) is 0 Å². The van der Waals surface area contributed by atoms with Crippen LogP contribution in [0.25, 0.3) is 10.9 Å². The number of carboxylic acid groups (broad SMARTS) is 1. The molecule has 13 heavy (non-hydrogen) atoms. The average Bonchev–Trinajstić information content (AvgIpc) is 2.49. The molecule has 0 unspecified atom stereocenters. The van der Waals surface area contributed by atoms with Crippen molar-refractivity contribution in [2.75, 3.05) is 0 Å². The molecule has 0 bridgehead atoms. The van der Waals surface area contributed by atoms with Crippen molar-refractivity contribution in [2.24, 2.45) is 0 Å². The number of carboxylic acids is 1. The topological polar surface area (TPSA) is 53.1 Å². The minimum absolute atomic E-state index is 0.333. The van der Waals surface area contributed by atoms with Crippen molar-refractivity contribution in [1.29, 1.82) is 0 Å². The van der Waals surface area contributed by atoms with Gasteiger partial charge in [0.2, 0.25) is 0 Å². The molecule has 0 aliphatic carbocycles. The molecule has 66 valence electrons. The molecule has 1 aromatic heterocycles. The fourth-order valence-corrected chi connectivity index (χ4v) is 2.10. The summed E-state index contributed by atoms with van der Waals surface area (Å²) in [6, 6.07) is 5.65. The van der Waals surface area contributed by atoms with E-state index in [1.807, 2.05) is 18.2 Å². The summed E-state index contributed by atoms with van der Waals surface area (Å²) in [7, 11) is 0. The Morgan fingerprint density at radius 3 is 2.92 bits per heavy atom. The normalized spacial score (nSPS) is 10.5. The van der Waals surface area contributed by atoms with Crippen molar-refractivity contribution in [3.05, 3.63) is 33.5 Å². The number of aromatic amines is 1. The monoisotopic (exact) mass is 287 g/mol. The molecule has 0 aliphatic heterocycles. The Kier molecular flexibility index (Phi) is 1.99. The van der Waals surface area contributed by atoms with E-state index in [9.17, 15) is 4.79 Å². The predicted octanol–water partition coefficient (Wildman–Crippen LogP) is 2.47. The minimum atomic E-state index is -0.893. The van der Waals surface area contributed by atoms with Crippen molar-refractivity contribution < 1.29 is 9.90 Å². The number of benzene rings is 1. The first-order valence-electron chi connectivity index (χ1n) is 3.69. The molecule has 4 heteroatoms. The molecule has 0 saturated heterocycles. The predicted molar refractivity (Wildman–Crippen MR) is 58.0 cm³/mol. The van der Waals surface area contributed by atoms with Crippen LogP contribution in [-0.4, -0.2) is 16.1 Å². The van der Waals surface area contributed by atoms with Gasteiger partial charge in [-0.25, -0.2) is 4.79 Å². The first-order chi connectivity index (χ1) is 6.20. The molecule has 0 saturated carbocycles. The number of rotatable bonds is 1. The van der Waals surface area contributed by atoms with Gasteiger partial charge in [0.15, 0.2) is 0 Å². The SMILES string of the molecule is O=C(O)c1c[nH]c2cccc(I)c12. The second-order valence-corrected chi connectivity index (χ2v) is 3.83. The van der Waals surface area contributed by atoms with Gasteiger partial charge in [-0.1, -0.05) is 6.07 Å². The molecule has 0 atom stereocenters. The van der Waals surface area contributed by atoms with Crippen LogP contribution in [0, 0.1) is 3.57 Å². The lowest BCUT2D eigenvalue weighted by atomic mass is 10.2. The summed E-state index contributed by atoms with van der Waals surface area (Å²) in [6.45, 7) is 0. The van der Waals surface area contributed by atoms with E-state index in [1.165, 1.54) is 6.20 Å². The van der Waals surface area contributed by atoms with Gasteiger partial charge in [0.05, 0.1) is 5.56 Å². The van der Waals surface area contributed by atoms with Gasteiger partial charge < -0.3 is 10.1 Å². The standard InChI is InChI=1S/C9H6INO2/c10-6-2-1-3-7-8(6)5(4-11-7)9(12)13/h1-4,11H,(H,12,13). The van der Waals surface area contributed by atoms with Gasteiger partial charge in [0, 0.05) is 20.7 Å². The molecule has 0 fully saturated rings. The lowest BCUT2D eigenvalue weighted by Crippen LogP contribution is -1.94. The van der Waals surface area contributed by atoms with Crippen molar-refractivity contribution in [1.82, 2.24) is 4.98 Å². The summed E-state index contributed by atoms with van der Waals surface area (Å²) in [5, 5.41) is 9.66. The molecule has 0 aliphatic rings. The zero-order valence-corrected chi connectivity index (χ0v) is 8.70. The third kappa shape index (κ3) is 1.31. The highest BCUT2D eigenvalue weighted by molar-refractivity contribution is 14.1. The maximum absolute atomic E-state index is 10.8. The molecule has 0 amide bonds. The zero-order valence-electron chi connectivity index (χ0n) is 6.54. The second-order valence-electron chi connectivity index (χ2n) is 2.67. The number of halogens is 1. The molecule has 2 N–H and O–H groups in total. The van der Waals surface area contributed by atoms with E-state index in [1.54, 1.807) is 0 Å². The Balaban J connectivity index is 2.86. The quantitative estimate of drug-likeness (QED) is 0.792. The summed E-state index contributed by atoms with van der Waals surface area (Å²) in [4.78, 5) is 13.7. The van der Waals surface area contributed by atoms with Crippen LogP contribution in [0.3, 0.4) is 0 Å². The smallest absolute Gasteiger partial charge is 0.337 e. The zero-order chi connectivity index (χ0) is 9.42. The van der Waals surface area contributed by atoms with Gasteiger partial charge >= 0.3 is 5.97 Å². The van der Waals surface area contributed by atoms with Crippen LogP contribution >= 0.6 is 22.6 Å². The van der Waals surface area contributed by atoms with E-state index in [0.29, 0.717) is 5.56 Å². The van der Waals surface area contributed by atoms with E-state index in [0.717, 1.165) is 14.5 Å². The lowest BCUT2D eigenvalue weighted by molar-refractivity contribution is 0.0699. The van der Waals surface area contributed by atoms with Gasteiger partial charge in [0.25, 0.3) is 0 Å². The molecular weight excluding hydrogens is 281 g/mol. The summed E-state index contributed by atoms with van der Waals surface area (Å²) in [6.07, 6.45) is 1.52. The van der Waals surface area contributed by atoms with Crippen LogP contribution in [-0.2, 0) is 0 Å². The molecule has 0 spiro atoms. The summed E-state index contributed by atoms with van der Waals surface area (Å²) in [5.41, 5.74) is 1.20. The molecule has 2 aromatic rings. The number of fused-ring (bicyclic) bond motifs is 1. The molecule has 3 nitrogen and oxygen atoms in total. The molecular formula is C9H6INO2. The lowest BCUT2D eigenvalue weighted by Gasteiger charge is -1.94. The van der Waals surface area contributed by atoms with Gasteiger partial charge in [-0.2, -0.15) is 0 Å². The van der Waals surface area contributed by atoms with Gasteiger partial charge in [-0.05, 0) is 34.7 Å². The van der Waals surface area contributed by atoms with E-state index < -0.39 is 5.97 Å². The molecule has 0 radical (unpaired) electrons. The number of nitrogens with one attached hydrogen (secondary N) is 1. The molecule has 2 rings (SSSR count). The number of aromatic carboxylic acids is 1. The number of hydrogen-bond acceptors (Lipinski definition) is 1. The molecule has 1 aromatic carbocycles. The van der Waals surface area contributed by atoms with Crippen molar-refractivity contribution >= 4 is 39.5 Å². The fourth-order valence-electron chi connectivity index (χ4n) is 1.31. The van der Waals surface area contributed by atoms with E-state index in [4.69, 9.17) is 5.11 Å². The van der Waals surface area contributed by atoms with Crippen LogP contribution in [0.1, 0.15) is 10.4 Å². The Morgan fingerprint density at radius 2 is 2.23 bits per heavy atom. The van der Waals surface area contributed by atoms with Crippen LogP contribution < -0.4 is 0 Å². The van der Waals surface area contributed by atoms with Gasteiger partial charge in [-0.3, -0.25) is 0 Å². The number of carbonyl (C=O) groups is 1. The fraction of sp³-hybridized carbons (Fsp3) is 0. The summed E-state index contributed by atoms with van der Waals surface area (Å²) < 4.78 is 0.953. The number of H-pyrrole nitrogens is 1. The van der Waals surface area contributed by atoms with Crippen LogP contribution in [0.5, 0.6) is 0 Å². The minimum Gasteiger partial charge on any atom is -0.478 e. The summed E-state index contributed by atoms with van der Waals surface area (Å²) >= 11 is 2.13. The third-order valence-electron chi connectivity index (χ3n) is 1.89. The van der Waals surface area contributed by atoms with Crippen LogP contribution in [0.15, 0.2) is 24.4 Å². The first kappa shape index (κ1) is 8.55. The Hall–Kier alpha value is -1.04. The van der Waals surface area contributed by atoms with Crippen molar-refractivity contribution in [2.45, 2.75) is 0 Å². The highest BCUT2D eigenvalue weighted by Gasteiger charge is 2.11. The van der Waals surface area contributed by atoms with Gasteiger partial charge in [0.1, 0.15) is 0 Å². The van der Waals surface area contributed by atoms with Crippen LogP contribution in [0.4, 0.5) is 0 Å². The Morgan fingerprint density at radius 1 is 1.46 bits per heavy atom. The number of aromatic nitrogens is 1. The third-order valence-corrected chi connectivity index (χ3v) is 2.78. The highest BCUT2D eigenvalue weighted by Crippen LogP contribution is 2.23.